The van der Waals surface area contributed by atoms with Crippen LogP contribution in [0.15, 0.2) is 59.5 Å². The number of likely N-dealkylation sites (tertiary alicyclic amines) is 1. The number of benzene rings is 1. The SMILES string of the molecule is O=C(c1cnoc1-c1ccc(Cl)cc1)N1CCC(c2ccncc2)C1. The molecule has 25 heavy (non-hydrogen) atoms. The molecule has 0 bridgehead atoms. The molecule has 0 spiro atoms. The molecule has 1 saturated heterocycles. The highest BCUT2D eigenvalue weighted by Crippen LogP contribution is 2.30. The second-order valence-corrected chi connectivity index (χ2v) is 6.53. The molecule has 5 nitrogen and oxygen atoms in total. The summed E-state index contributed by atoms with van der Waals surface area (Å²) >= 11 is 5.93. The molecule has 0 radical (unpaired) electrons. The predicted octanol–water partition coefficient (Wildman–Crippen LogP) is 4.02. The first-order valence-corrected chi connectivity index (χ1v) is 8.50. The van der Waals surface area contributed by atoms with E-state index in [1.54, 1.807) is 24.5 Å². The molecule has 126 valence electrons. The van der Waals surface area contributed by atoms with Crippen molar-refractivity contribution in [3.8, 4) is 11.3 Å². The van der Waals surface area contributed by atoms with Crippen LogP contribution >= 0.6 is 11.6 Å². The number of rotatable bonds is 3. The van der Waals surface area contributed by atoms with Crippen molar-refractivity contribution in [3.63, 3.8) is 0 Å². The van der Waals surface area contributed by atoms with Crippen molar-refractivity contribution in [1.29, 1.82) is 0 Å². The van der Waals surface area contributed by atoms with Gasteiger partial charge in [-0.25, -0.2) is 0 Å². The van der Waals surface area contributed by atoms with Crippen molar-refractivity contribution in [3.05, 3.63) is 71.1 Å². The van der Waals surface area contributed by atoms with Crippen LogP contribution in [0.3, 0.4) is 0 Å². The number of nitrogens with zero attached hydrogens (tertiary/aromatic N) is 3. The summed E-state index contributed by atoms with van der Waals surface area (Å²) < 4.78 is 5.33. The number of halogens is 1. The van der Waals surface area contributed by atoms with Gasteiger partial charge in [0.1, 0.15) is 5.56 Å². The van der Waals surface area contributed by atoms with Gasteiger partial charge in [0, 0.05) is 42.0 Å². The lowest BCUT2D eigenvalue weighted by Gasteiger charge is -2.16. The van der Waals surface area contributed by atoms with Crippen LogP contribution in [-0.4, -0.2) is 34.0 Å². The van der Waals surface area contributed by atoms with E-state index in [2.05, 4.69) is 10.1 Å². The van der Waals surface area contributed by atoms with Crippen molar-refractivity contribution in [2.75, 3.05) is 13.1 Å². The van der Waals surface area contributed by atoms with Crippen LogP contribution in [0.5, 0.6) is 0 Å². The maximum Gasteiger partial charge on any atom is 0.259 e. The number of amides is 1. The molecule has 1 aromatic carbocycles. The lowest BCUT2D eigenvalue weighted by atomic mass is 10.00. The summed E-state index contributed by atoms with van der Waals surface area (Å²) in [4.78, 5) is 18.8. The topological polar surface area (TPSA) is 59.2 Å². The highest BCUT2D eigenvalue weighted by molar-refractivity contribution is 6.30. The van der Waals surface area contributed by atoms with Gasteiger partial charge in [0.2, 0.25) is 0 Å². The Labute approximate surface area is 150 Å². The van der Waals surface area contributed by atoms with Gasteiger partial charge < -0.3 is 9.42 Å². The van der Waals surface area contributed by atoms with Crippen molar-refractivity contribution < 1.29 is 9.32 Å². The molecule has 1 aliphatic heterocycles. The minimum Gasteiger partial charge on any atom is -0.355 e. The highest BCUT2D eigenvalue weighted by Gasteiger charge is 2.30. The third kappa shape index (κ3) is 3.15. The first-order valence-electron chi connectivity index (χ1n) is 8.12. The van der Waals surface area contributed by atoms with Gasteiger partial charge >= 0.3 is 0 Å². The Morgan fingerprint density at radius 1 is 1.16 bits per heavy atom. The fourth-order valence-electron chi connectivity index (χ4n) is 3.22. The number of carbonyl (C=O) groups is 1. The number of hydrogen-bond donors (Lipinski definition) is 0. The van der Waals surface area contributed by atoms with E-state index in [-0.39, 0.29) is 5.91 Å². The van der Waals surface area contributed by atoms with E-state index in [1.165, 1.54) is 11.8 Å². The Kier molecular flexibility index (Phi) is 4.24. The van der Waals surface area contributed by atoms with E-state index in [4.69, 9.17) is 16.1 Å². The van der Waals surface area contributed by atoms with Gasteiger partial charge in [-0.3, -0.25) is 9.78 Å². The second kappa shape index (κ2) is 6.69. The first-order chi connectivity index (χ1) is 12.2. The van der Waals surface area contributed by atoms with Gasteiger partial charge in [0.25, 0.3) is 5.91 Å². The Hall–Kier alpha value is -2.66. The zero-order valence-electron chi connectivity index (χ0n) is 13.4. The smallest absolute Gasteiger partial charge is 0.259 e. The third-order valence-corrected chi connectivity index (χ3v) is 4.81. The average Bonchev–Trinajstić information content (AvgIpc) is 3.32. The summed E-state index contributed by atoms with van der Waals surface area (Å²) in [6.07, 6.45) is 6.01. The number of aromatic nitrogens is 2. The Balaban J connectivity index is 1.55. The van der Waals surface area contributed by atoms with Crippen LogP contribution in [0.25, 0.3) is 11.3 Å². The summed E-state index contributed by atoms with van der Waals surface area (Å²) in [7, 11) is 0. The first kappa shape index (κ1) is 15.8. The normalized spacial score (nSPS) is 17.0. The maximum absolute atomic E-state index is 12.9. The van der Waals surface area contributed by atoms with Crippen LogP contribution in [0, 0.1) is 0 Å². The number of carbonyl (C=O) groups excluding carboxylic acids is 1. The van der Waals surface area contributed by atoms with E-state index < -0.39 is 0 Å². The van der Waals surface area contributed by atoms with Crippen LogP contribution in [0.2, 0.25) is 5.02 Å². The van der Waals surface area contributed by atoms with Crippen molar-refractivity contribution in [1.82, 2.24) is 15.0 Å². The second-order valence-electron chi connectivity index (χ2n) is 6.09. The molecule has 3 heterocycles. The average molecular weight is 354 g/mol. The van der Waals surface area contributed by atoms with E-state index in [0.29, 0.717) is 28.8 Å². The Morgan fingerprint density at radius 2 is 1.92 bits per heavy atom. The zero-order valence-corrected chi connectivity index (χ0v) is 14.2. The van der Waals surface area contributed by atoms with Crippen LogP contribution < -0.4 is 0 Å². The fourth-order valence-corrected chi connectivity index (χ4v) is 3.35. The highest BCUT2D eigenvalue weighted by atomic mass is 35.5. The van der Waals surface area contributed by atoms with E-state index in [1.807, 2.05) is 29.2 Å². The molecule has 0 aliphatic carbocycles. The molecule has 2 aromatic heterocycles. The minimum atomic E-state index is -0.0530. The van der Waals surface area contributed by atoms with Crippen LogP contribution in [0.4, 0.5) is 0 Å². The standard InChI is InChI=1S/C19H16ClN3O2/c20-16-3-1-14(2-4-16)18-17(11-22-25-18)19(24)23-10-7-15(12-23)13-5-8-21-9-6-13/h1-6,8-9,11,15H,7,10,12H2. The largest absolute Gasteiger partial charge is 0.355 e. The van der Waals surface area contributed by atoms with E-state index >= 15 is 0 Å². The number of pyridine rings is 1. The van der Waals surface area contributed by atoms with E-state index in [9.17, 15) is 4.79 Å². The molecule has 1 atom stereocenters. The van der Waals surface area contributed by atoms with Gasteiger partial charge in [-0.2, -0.15) is 0 Å². The van der Waals surface area contributed by atoms with Gasteiger partial charge in [-0.15, -0.1) is 0 Å². The van der Waals surface area contributed by atoms with Gasteiger partial charge in [-0.1, -0.05) is 16.8 Å². The molecular formula is C19H16ClN3O2. The van der Waals surface area contributed by atoms with Crippen molar-refractivity contribution >= 4 is 17.5 Å². The summed E-state index contributed by atoms with van der Waals surface area (Å²) in [6.45, 7) is 1.41. The predicted molar refractivity (Wildman–Crippen MR) is 94.4 cm³/mol. The fraction of sp³-hybridized carbons (Fsp3) is 0.211. The number of hydrogen-bond acceptors (Lipinski definition) is 4. The van der Waals surface area contributed by atoms with Crippen molar-refractivity contribution in [2.24, 2.45) is 0 Å². The molecule has 1 aliphatic rings. The zero-order chi connectivity index (χ0) is 17.2. The molecule has 0 N–H and O–H groups in total. The van der Waals surface area contributed by atoms with Gasteiger partial charge in [0.15, 0.2) is 5.76 Å². The van der Waals surface area contributed by atoms with Crippen LogP contribution in [-0.2, 0) is 0 Å². The Morgan fingerprint density at radius 3 is 2.68 bits per heavy atom. The summed E-state index contributed by atoms with van der Waals surface area (Å²) in [5.41, 5.74) is 2.49. The molecule has 3 aromatic rings. The molecule has 1 fully saturated rings. The molecule has 1 amide bonds. The quantitative estimate of drug-likeness (QED) is 0.713. The van der Waals surface area contributed by atoms with Gasteiger partial charge in [-0.05, 0) is 48.4 Å². The van der Waals surface area contributed by atoms with Gasteiger partial charge in [0.05, 0.1) is 6.20 Å². The Bertz CT molecular complexity index is 877. The lowest BCUT2D eigenvalue weighted by molar-refractivity contribution is 0.0791. The lowest BCUT2D eigenvalue weighted by Crippen LogP contribution is -2.28. The molecule has 0 saturated carbocycles. The molecule has 4 rings (SSSR count). The van der Waals surface area contributed by atoms with E-state index in [0.717, 1.165) is 18.5 Å². The monoisotopic (exact) mass is 353 g/mol. The summed E-state index contributed by atoms with van der Waals surface area (Å²) in [6, 6.07) is 11.2. The third-order valence-electron chi connectivity index (χ3n) is 4.56. The molecular weight excluding hydrogens is 338 g/mol. The minimum absolute atomic E-state index is 0.0530. The molecule has 6 heteroatoms. The summed E-state index contributed by atoms with van der Waals surface area (Å²) in [5.74, 6) is 0.766. The summed E-state index contributed by atoms with van der Waals surface area (Å²) in [5, 5.41) is 4.46. The molecule has 1 unspecified atom stereocenters. The van der Waals surface area contributed by atoms with Crippen molar-refractivity contribution in [2.45, 2.75) is 12.3 Å². The maximum atomic E-state index is 12.9. The van der Waals surface area contributed by atoms with Crippen LogP contribution in [0.1, 0.15) is 28.3 Å².